The lowest BCUT2D eigenvalue weighted by molar-refractivity contribution is -0.146. The second-order valence-corrected chi connectivity index (χ2v) is 4.63. The average Bonchev–Trinajstić information content (AvgIpc) is 2.43. The maximum atomic E-state index is 11.3. The summed E-state index contributed by atoms with van der Waals surface area (Å²) < 4.78 is 0. The third-order valence-corrected chi connectivity index (χ3v) is 3.32. The molecule has 0 radical (unpaired) electrons. The molecule has 0 spiro atoms. The highest BCUT2D eigenvalue weighted by atomic mass is 16.4. The molecule has 0 aliphatic heterocycles. The summed E-state index contributed by atoms with van der Waals surface area (Å²) in [5.74, 6) is -1.76. The van der Waals surface area contributed by atoms with Gasteiger partial charge in [-0.1, -0.05) is 37.6 Å². The molecule has 0 aliphatic carbocycles. The number of hydrogen-bond acceptors (Lipinski definition) is 3. The van der Waals surface area contributed by atoms with Crippen molar-refractivity contribution in [2.45, 2.75) is 25.9 Å². The summed E-state index contributed by atoms with van der Waals surface area (Å²) in [6.45, 7) is 1.91. The largest absolute Gasteiger partial charge is 0.481 e. The number of aliphatic hydroxyl groups excluding tert-OH is 1. The van der Waals surface area contributed by atoms with Gasteiger partial charge in [-0.15, -0.1) is 0 Å². The van der Waals surface area contributed by atoms with Crippen LogP contribution in [0.1, 0.15) is 31.4 Å². The quantitative estimate of drug-likeness (QED) is 0.866. The smallest absolute Gasteiger partial charge is 0.309 e. The molecule has 2 unspecified atom stereocenters. The number of aliphatic carboxylic acids is 1. The number of carboxylic acid groups (broad SMARTS) is 1. The van der Waals surface area contributed by atoms with Gasteiger partial charge in [-0.25, -0.2) is 0 Å². The molecule has 2 N–H and O–H groups in total. The van der Waals surface area contributed by atoms with E-state index in [4.69, 9.17) is 0 Å². The first-order valence-corrected chi connectivity index (χ1v) is 6.38. The lowest BCUT2D eigenvalue weighted by atomic mass is 9.90. The second kappa shape index (κ2) is 5.80. The molecular formula is C15H17NO3. The summed E-state index contributed by atoms with van der Waals surface area (Å²) >= 11 is 0. The molecule has 0 amide bonds. The van der Waals surface area contributed by atoms with Crippen molar-refractivity contribution in [3.05, 3.63) is 42.2 Å². The average molecular weight is 259 g/mol. The first kappa shape index (κ1) is 13.5. The monoisotopic (exact) mass is 259 g/mol. The molecule has 19 heavy (non-hydrogen) atoms. The Morgan fingerprint density at radius 3 is 2.74 bits per heavy atom. The molecule has 2 atom stereocenters. The molecular weight excluding hydrogens is 242 g/mol. The van der Waals surface area contributed by atoms with E-state index in [1.54, 1.807) is 12.4 Å². The number of benzene rings is 1. The second-order valence-electron chi connectivity index (χ2n) is 4.63. The van der Waals surface area contributed by atoms with Gasteiger partial charge in [-0.05, 0) is 11.8 Å². The third-order valence-electron chi connectivity index (χ3n) is 3.32. The number of carboxylic acids is 1. The first-order chi connectivity index (χ1) is 9.15. The Kier molecular flexibility index (Phi) is 4.12. The molecule has 1 aromatic heterocycles. The molecule has 4 nitrogen and oxygen atoms in total. The number of nitrogens with zero attached hydrogens (tertiary/aromatic N) is 1. The van der Waals surface area contributed by atoms with Crippen molar-refractivity contribution in [1.29, 1.82) is 0 Å². The fourth-order valence-electron chi connectivity index (χ4n) is 2.32. The third kappa shape index (κ3) is 2.74. The summed E-state index contributed by atoms with van der Waals surface area (Å²) in [5.41, 5.74) is 0.582. The van der Waals surface area contributed by atoms with Crippen molar-refractivity contribution in [1.82, 2.24) is 4.98 Å². The summed E-state index contributed by atoms with van der Waals surface area (Å²) in [6, 6.07) is 7.53. The molecule has 1 aromatic carbocycles. The number of aromatic nitrogens is 1. The first-order valence-electron chi connectivity index (χ1n) is 6.38. The van der Waals surface area contributed by atoms with Gasteiger partial charge in [0.25, 0.3) is 0 Å². The van der Waals surface area contributed by atoms with Crippen molar-refractivity contribution in [3.63, 3.8) is 0 Å². The number of pyridine rings is 1. The predicted octanol–water partition coefficient (Wildman–Crippen LogP) is 2.77. The van der Waals surface area contributed by atoms with Gasteiger partial charge in [0.1, 0.15) is 0 Å². The molecule has 2 aromatic rings. The number of hydrogen-bond donors (Lipinski definition) is 2. The van der Waals surface area contributed by atoms with Crippen molar-refractivity contribution in [3.8, 4) is 0 Å². The van der Waals surface area contributed by atoms with Crippen LogP contribution in [-0.4, -0.2) is 21.2 Å². The number of rotatable bonds is 5. The van der Waals surface area contributed by atoms with E-state index in [1.165, 1.54) is 0 Å². The zero-order valence-corrected chi connectivity index (χ0v) is 10.8. The topological polar surface area (TPSA) is 70.4 Å². The highest BCUT2D eigenvalue weighted by Gasteiger charge is 2.28. The summed E-state index contributed by atoms with van der Waals surface area (Å²) in [5, 5.41) is 21.3. The van der Waals surface area contributed by atoms with Gasteiger partial charge >= 0.3 is 5.97 Å². The minimum atomic E-state index is -1.03. The molecule has 0 aliphatic rings. The summed E-state index contributed by atoms with van der Waals surface area (Å²) in [7, 11) is 0. The minimum absolute atomic E-state index is 0.444. The van der Waals surface area contributed by atoms with E-state index >= 15 is 0 Å². The maximum Gasteiger partial charge on any atom is 0.309 e. The number of fused-ring (bicyclic) bond motifs is 1. The molecule has 0 saturated carbocycles. The van der Waals surface area contributed by atoms with E-state index in [0.29, 0.717) is 18.4 Å². The van der Waals surface area contributed by atoms with Crippen LogP contribution in [0.25, 0.3) is 10.8 Å². The van der Waals surface area contributed by atoms with Gasteiger partial charge in [-0.3, -0.25) is 9.78 Å². The van der Waals surface area contributed by atoms with Crippen molar-refractivity contribution < 1.29 is 15.0 Å². The highest BCUT2D eigenvalue weighted by molar-refractivity contribution is 5.85. The van der Waals surface area contributed by atoms with E-state index in [-0.39, 0.29) is 0 Å². The highest BCUT2D eigenvalue weighted by Crippen LogP contribution is 2.30. The molecule has 0 bridgehead atoms. The van der Waals surface area contributed by atoms with E-state index < -0.39 is 18.0 Å². The lowest BCUT2D eigenvalue weighted by Gasteiger charge is -2.20. The van der Waals surface area contributed by atoms with Crippen LogP contribution in [0.3, 0.4) is 0 Å². The molecule has 1 heterocycles. The van der Waals surface area contributed by atoms with Gasteiger partial charge in [0.05, 0.1) is 12.0 Å². The van der Waals surface area contributed by atoms with E-state index in [0.717, 1.165) is 10.8 Å². The standard InChI is InChI=1S/C15H17NO3/c1-2-5-12(15(18)19)14(17)13-9-16-8-10-6-3-4-7-11(10)13/h3-4,6-9,12,14,17H,2,5H2,1H3,(H,18,19). The normalized spacial score (nSPS) is 14.2. The van der Waals surface area contributed by atoms with Gasteiger partial charge in [0.15, 0.2) is 0 Å². The van der Waals surface area contributed by atoms with Crippen LogP contribution < -0.4 is 0 Å². The van der Waals surface area contributed by atoms with Crippen LogP contribution in [0.5, 0.6) is 0 Å². The van der Waals surface area contributed by atoms with Crippen LogP contribution in [0.4, 0.5) is 0 Å². The zero-order chi connectivity index (χ0) is 13.8. The Hall–Kier alpha value is -1.94. The van der Waals surface area contributed by atoms with Crippen LogP contribution in [0.15, 0.2) is 36.7 Å². The Morgan fingerprint density at radius 1 is 1.32 bits per heavy atom. The SMILES string of the molecule is CCCC(C(=O)O)C(O)c1cncc2ccccc12. The minimum Gasteiger partial charge on any atom is -0.481 e. The van der Waals surface area contributed by atoms with Crippen molar-refractivity contribution in [2.24, 2.45) is 5.92 Å². The van der Waals surface area contributed by atoms with Crippen LogP contribution in [0, 0.1) is 5.92 Å². The Morgan fingerprint density at radius 2 is 2.05 bits per heavy atom. The Balaban J connectivity index is 2.45. The summed E-state index contributed by atoms with van der Waals surface area (Å²) in [6.07, 6.45) is 3.39. The zero-order valence-electron chi connectivity index (χ0n) is 10.8. The predicted molar refractivity (Wildman–Crippen MR) is 72.7 cm³/mol. The fraction of sp³-hybridized carbons (Fsp3) is 0.333. The van der Waals surface area contributed by atoms with E-state index in [2.05, 4.69) is 4.98 Å². The van der Waals surface area contributed by atoms with Gasteiger partial charge < -0.3 is 10.2 Å². The molecule has 4 heteroatoms. The van der Waals surface area contributed by atoms with Crippen LogP contribution in [0.2, 0.25) is 0 Å². The van der Waals surface area contributed by atoms with Crippen LogP contribution in [-0.2, 0) is 4.79 Å². The molecule has 0 saturated heterocycles. The summed E-state index contributed by atoms with van der Waals surface area (Å²) in [4.78, 5) is 15.3. The lowest BCUT2D eigenvalue weighted by Crippen LogP contribution is -2.22. The molecule has 0 fully saturated rings. The van der Waals surface area contributed by atoms with Gasteiger partial charge in [0.2, 0.25) is 0 Å². The number of carbonyl (C=O) groups is 1. The Bertz CT molecular complexity index is 577. The van der Waals surface area contributed by atoms with E-state index in [9.17, 15) is 15.0 Å². The van der Waals surface area contributed by atoms with E-state index in [1.807, 2.05) is 31.2 Å². The Labute approximate surface area is 111 Å². The molecule has 2 rings (SSSR count). The number of aliphatic hydroxyl groups is 1. The van der Waals surface area contributed by atoms with Crippen molar-refractivity contribution in [2.75, 3.05) is 0 Å². The molecule has 100 valence electrons. The van der Waals surface area contributed by atoms with Gasteiger partial charge in [-0.2, -0.15) is 0 Å². The fourth-order valence-corrected chi connectivity index (χ4v) is 2.32. The van der Waals surface area contributed by atoms with Crippen molar-refractivity contribution >= 4 is 16.7 Å². The van der Waals surface area contributed by atoms with Crippen LogP contribution >= 0.6 is 0 Å². The maximum absolute atomic E-state index is 11.3. The van der Waals surface area contributed by atoms with Gasteiger partial charge in [0, 0.05) is 23.3 Å².